The Labute approximate surface area is 185 Å². The quantitative estimate of drug-likeness (QED) is 0.425. The zero-order chi connectivity index (χ0) is 23.8. The third kappa shape index (κ3) is 5.02. The van der Waals surface area contributed by atoms with Crippen LogP contribution in [0.2, 0.25) is 10.0 Å². The van der Waals surface area contributed by atoms with Gasteiger partial charge in [-0.2, -0.15) is 36.7 Å². The fraction of sp³-hybridized carbons (Fsp3) is 0.375. The summed E-state index contributed by atoms with van der Waals surface area (Å²) < 4.78 is 83.6. The van der Waals surface area contributed by atoms with Gasteiger partial charge in [-0.15, -0.1) is 5.11 Å². The van der Waals surface area contributed by atoms with Crippen molar-refractivity contribution in [3.8, 4) is 6.07 Å². The van der Waals surface area contributed by atoms with E-state index in [9.17, 15) is 36.4 Å². The van der Waals surface area contributed by atoms with Crippen LogP contribution in [0.1, 0.15) is 18.1 Å². The molecule has 1 aromatic rings. The first-order valence-corrected chi connectivity index (χ1v) is 9.57. The Balaban J connectivity index is 2.78. The van der Waals surface area contributed by atoms with Crippen molar-refractivity contribution >= 4 is 41.1 Å². The summed E-state index contributed by atoms with van der Waals surface area (Å²) >= 11 is 11.0. The van der Waals surface area contributed by atoms with Gasteiger partial charge in [0.1, 0.15) is 6.07 Å². The van der Waals surface area contributed by atoms with Gasteiger partial charge in [0.25, 0.3) is 0 Å². The first-order chi connectivity index (χ1) is 14.2. The average Bonchev–Trinajstić information content (AvgIpc) is 2.97. The van der Waals surface area contributed by atoms with Crippen LogP contribution >= 0.6 is 35.0 Å². The Bertz CT molecular complexity index is 982. The van der Waals surface area contributed by atoms with Crippen LogP contribution in [0.15, 0.2) is 33.1 Å². The van der Waals surface area contributed by atoms with Crippen LogP contribution < -0.4 is 0 Å². The zero-order valence-electron chi connectivity index (χ0n) is 15.4. The Morgan fingerprint density at radius 2 is 1.81 bits per heavy atom. The van der Waals surface area contributed by atoms with Crippen LogP contribution in [0.4, 0.5) is 31.1 Å². The van der Waals surface area contributed by atoms with E-state index < -0.39 is 67.0 Å². The molecule has 1 aromatic carbocycles. The Hall–Kier alpha value is -2.17. The molecule has 1 aliphatic heterocycles. The van der Waals surface area contributed by atoms with E-state index in [1.165, 1.54) is 13.0 Å². The number of halogens is 8. The molecule has 1 amide bonds. The molecule has 0 saturated carbocycles. The van der Waals surface area contributed by atoms with Gasteiger partial charge in [-0.05, 0) is 30.8 Å². The van der Waals surface area contributed by atoms with E-state index in [-0.39, 0.29) is 6.61 Å². The van der Waals surface area contributed by atoms with Crippen molar-refractivity contribution in [2.24, 2.45) is 10.2 Å². The number of rotatable bonds is 4. The first kappa shape index (κ1) is 25.1. The second-order valence-corrected chi connectivity index (χ2v) is 7.68. The van der Waals surface area contributed by atoms with Gasteiger partial charge in [0.15, 0.2) is 5.82 Å². The van der Waals surface area contributed by atoms with Crippen molar-refractivity contribution in [2.45, 2.75) is 24.1 Å². The minimum Gasteiger partial charge on any atom is -0.449 e. The van der Waals surface area contributed by atoms with Crippen molar-refractivity contribution in [3.05, 3.63) is 44.0 Å². The number of nitriles is 1. The summed E-state index contributed by atoms with van der Waals surface area (Å²) in [4.78, 5) is 11.6. The number of benzene rings is 1. The van der Waals surface area contributed by atoms with Crippen molar-refractivity contribution < 1.29 is 35.9 Å². The lowest BCUT2D eigenvalue weighted by molar-refractivity contribution is -0.137. The lowest BCUT2D eigenvalue weighted by Crippen LogP contribution is -2.30. The van der Waals surface area contributed by atoms with Gasteiger partial charge >= 0.3 is 17.8 Å². The maximum Gasteiger partial charge on any atom is 0.446 e. The summed E-state index contributed by atoms with van der Waals surface area (Å²) in [5, 5.41) is 15.3. The van der Waals surface area contributed by atoms with Gasteiger partial charge in [-0.25, -0.2) is 4.79 Å². The van der Waals surface area contributed by atoms with E-state index in [1.54, 1.807) is 0 Å². The molecule has 0 bridgehead atoms. The predicted octanol–water partition coefficient (Wildman–Crippen LogP) is 6.71. The molecule has 0 aliphatic carbocycles. The average molecular weight is 507 g/mol. The van der Waals surface area contributed by atoms with Gasteiger partial charge in [-0.1, -0.05) is 23.2 Å². The summed E-state index contributed by atoms with van der Waals surface area (Å²) in [6.45, 7) is 1.33. The molecule has 2 rings (SSSR count). The van der Waals surface area contributed by atoms with Crippen molar-refractivity contribution in [1.82, 2.24) is 4.90 Å². The molecule has 31 heavy (non-hydrogen) atoms. The number of hydrogen-bond donors (Lipinski definition) is 0. The number of amides is 1. The van der Waals surface area contributed by atoms with Gasteiger partial charge < -0.3 is 4.74 Å². The number of alkyl halides is 6. The van der Waals surface area contributed by atoms with Crippen molar-refractivity contribution in [1.29, 1.82) is 5.26 Å². The second kappa shape index (κ2) is 8.76. The fourth-order valence-electron chi connectivity index (χ4n) is 2.51. The number of carbonyl (C=O) groups is 1. The highest BCUT2D eigenvalue weighted by atomic mass is 35.5. The van der Waals surface area contributed by atoms with Crippen molar-refractivity contribution in [3.63, 3.8) is 0 Å². The topological polar surface area (TPSA) is 78.0 Å². The maximum atomic E-state index is 13.3. The first-order valence-electron chi connectivity index (χ1n) is 7.99. The van der Waals surface area contributed by atoms with Crippen molar-refractivity contribution in [2.75, 3.05) is 13.7 Å². The smallest absolute Gasteiger partial charge is 0.446 e. The van der Waals surface area contributed by atoms with Gasteiger partial charge in [0.2, 0.25) is 5.54 Å². The summed E-state index contributed by atoms with van der Waals surface area (Å²) in [6.07, 6.45) is -5.97. The highest BCUT2D eigenvalue weighted by molar-refractivity contribution is 8.04. The SMILES string of the molecule is CCOC(=O)N(C)C1=C(SC(F)(F)F)C(C#N)(c2c(Cl)cc(C(F)(F)F)cc2Cl)N=N1. The molecule has 1 heterocycles. The Morgan fingerprint density at radius 3 is 2.23 bits per heavy atom. The molecule has 6 nitrogen and oxygen atoms in total. The molecule has 1 unspecified atom stereocenters. The van der Waals surface area contributed by atoms with E-state index >= 15 is 0 Å². The minimum atomic E-state index is -4.99. The van der Waals surface area contributed by atoms with Crippen LogP contribution in [0.3, 0.4) is 0 Å². The largest absolute Gasteiger partial charge is 0.449 e. The summed E-state index contributed by atoms with van der Waals surface area (Å²) in [5.41, 5.74) is -9.58. The van der Waals surface area contributed by atoms with Crippen LogP contribution in [-0.2, 0) is 16.5 Å². The van der Waals surface area contributed by atoms with E-state index in [0.717, 1.165) is 7.05 Å². The molecular formula is C16H10Cl2F6N4O2S. The number of carbonyl (C=O) groups excluding carboxylic acids is 1. The third-order valence-corrected chi connectivity index (χ3v) is 5.31. The standard InChI is InChI=1S/C16H10Cl2F6N4O2S/c1-3-30-13(29)28(2)12-11(31-16(22,23)24)14(6-25,27-26-12)10-8(17)4-7(5-9(10)18)15(19,20)21/h4-5H,3H2,1-2H3. The number of thioether (sulfide) groups is 1. The molecule has 1 atom stereocenters. The molecule has 0 radical (unpaired) electrons. The monoisotopic (exact) mass is 506 g/mol. The zero-order valence-corrected chi connectivity index (χ0v) is 17.7. The predicted molar refractivity (Wildman–Crippen MR) is 99.1 cm³/mol. The Morgan fingerprint density at radius 1 is 1.26 bits per heavy atom. The molecular weight excluding hydrogens is 497 g/mol. The van der Waals surface area contributed by atoms with Crippen LogP contribution in [0.5, 0.6) is 0 Å². The molecule has 15 heteroatoms. The lowest BCUT2D eigenvalue weighted by atomic mass is 9.90. The summed E-state index contributed by atoms with van der Waals surface area (Å²) in [6, 6.07) is 2.30. The van der Waals surface area contributed by atoms with Gasteiger partial charge in [-0.3, -0.25) is 4.90 Å². The molecule has 0 spiro atoms. The van der Waals surface area contributed by atoms with E-state index in [2.05, 4.69) is 10.2 Å². The molecule has 1 aliphatic rings. The van der Waals surface area contributed by atoms with E-state index in [0.29, 0.717) is 17.0 Å². The van der Waals surface area contributed by atoms with E-state index in [1.807, 2.05) is 0 Å². The minimum absolute atomic E-state index is 0.116. The third-order valence-electron chi connectivity index (χ3n) is 3.80. The highest BCUT2D eigenvalue weighted by Gasteiger charge is 2.52. The van der Waals surface area contributed by atoms with E-state index in [4.69, 9.17) is 27.9 Å². The molecule has 0 saturated heterocycles. The molecule has 0 N–H and O–H groups in total. The molecule has 0 fully saturated rings. The summed E-state index contributed by atoms with van der Waals surface area (Å²) in [5.74, 6) is -0.700. The normalized spacial score (nSPS) is 18.9. The second-order valence-electron chi connectivity index (χ2n) is 5.79. The van der Waals surface area contributed by atoms with Crippen LogP contribution in [-0.4, -0.2) is 30.2 Å². The lowest BCUT2D eigenvalue weighted by Gasteiger charge is -2.25. The number of hydrogen-bond acceptors (Lipinski definition) is 6. The number of azo groups is 1. The van der Waals surface area contributed by atoms with Crippen LogP contribution in [0.25, 0.3) is 0 Å². The fourth-order valence-corrected chi connectivity index (χ4v) is 4.11. The van der Waals surface area contributed by atoms with Gasteiger partial charge in [0, 0.05) is 22.7 Å². The Kier molecular flexibility index (Phi) is 7.09. The molecule has 168 valence electrons. The maximum absolute atomic E-state index is 13.3. The van der Waals surface area contributed by atoms with Crippen LogP contribution in [0, 0.1) is 11.3 Å². The summed E-state index contributed by atoms with van der Waals surface area (Å²) in [7, 11) is 1.02. The highest BCUT2D eigenvalue weighted by Crippen LogP contribution is 2.55. The van der Waals surface area contributed by atoms with Gasteiger partial charge in [0.05, 0.1) is 17.1 Å². The number of ether oxygens (including phenoxy) is 1. The number of nitrogens with zero attached hydrogens (tertiary/aromatic N) is 4. The molecule has 0 aromatic heterocycles.